The van der Waals surface area contributed by atoms with Gasteiger partial charge in [0.15, 0.2) is 0 Å². The largest absolute Gasteiger partial charge is 0.480 e. The highest BCUT2D eigenvalue weighted by Gasteiger charge is 2.30. The number of benzene rings is 3. The van der Waals surface area contributed by atoms with E-state index in [-0.39, 0.29) is 18.9 Å². The number of carboxylic acids is 1. The second-order valence-electron chi connectivity index (χ2n) is 8.34. The van der Waals surface area contributed by atoms with E-state index in [0.29, 0.717) is 0 Å². The number of aryl methyl sites for hydroxylation is 1. The summed E-state index contributed by atoms with van der Waals surface area (Å²) in [6.07, 6.45) is -0.599. The zero-order chi connectivity index (χ0) is 22.9. The summed E-state index contributed by atoms with van der Waals surface area (Å²) < 4.78 is 5.52. The lowest BCUT2D eigenvalue weighted by Crippen LogP contribution is -2.43. The van der Waals surface area contributed by atoms with Crippen LogP contribution in [0.3, 0.4) is 0 Å². The molecule has 1 unspecified atom stereocenters. The predicted octanol–water partition coefficient (Wildman–Crippen LogP) is 5.01. The number of aromatic nitrogens is 1. The van der Waals surface area contributed by atoms with Crippen molar-refractivity contribution in [1.29, 1.82) is 0 Å². The summed E-state index contributed by atoms with van der Waals surface area (Å²) in [6, 6.07) is 22.8. The van der Waals surface area contributed by atoms with E-state index in [4.69, 9.17) is 4.74 Å². The number of rotatable bonds is 6. The molecule has 3 aromatic carbocycles. The number of hydrogen-bond donors (Lipinski definition) is 3. The molecule has 1 aliphatic carbocycles. The van der Waals surface area contributed by atoms with Crippen molar-refractivity contribution >= 4 is 23.0 Å². The summed E-state index contributed by atoms with van der Waals surface area (Å²) in [6.45, 7) is 2.08. The number of aliphatic carboxylic acids is 1. The van der Waals surface area contributed by atoms with Gasteiger partial charge in [-0.3, -0.25) is 0 Å². The van der Waals surface area contributed by atoms with Crippen molar-refractivity contribution < 1.29 is 19.4 Å². The number of nitrogens with one attached hydrogen (secondary N) is 2. The monoisotopic (exact) mass is 440 g/mol. The van der Waals surface area contributed by atoms with Gasteiger partial charge in [-0.05, 0) is 40.8 Å². The van der Waals surface area contributed by atoms with Gasteiger partial charge < -0.3 is 20.1 Å². The molecule has 1 amide bonds. The van der Waals surface area contributed by atoms with E-state index in [1.807, 2.05) is 67.6 Å². The molecule has 3 N–H and O–H groups in total. The lowest BCUT2D eigenvalue weighted by Gasteiger charge is -2.17. The van der Waals surface area contributed by atoms with Crippen LogP contribution in [0, 0.1) is 6.92 Å². The summed E-state index contributed by atoms with van der Waals surface area (Å²) in [5.74, 6) is -1.19. The van der Waals surface area contributed by atoms with E-state index in [1.54, 1.807) is 0 Å². The quantitative estimate of drug-likeness (QED) is 0.393. The maximum absolute atomic E-state index is 12.6. The van der Waals surface area contributed by atoms with Gasteiger partial charge >= 0.3 is 12.1 Å². The first-order valence-electron chi connectivity index (χ1n) is 10.9. The first kappa shape index (κ1) is 20.8. The minimum atomic E-state index is -1.11. The zero-order valence-corrected chi connectivity index (χ0v) is 18.2. The molecule has 4 aromatic rings. The van der Waals surface area contributed by atoms with Gasteiger partial charge in [0, 0.05) is 28.9 Å². The molecule has 0 saturated carbocycles. The van der Waals surface area contributed by atoms with Crippen LogP contribution in [-0.2, 0) is 16.0 Å². The maximum atomic E-state index is 12.6. The lowest BCUT2D eigenvalue weighted by molar-refractivity contribution is -0.139. The van der Waals surface area contributed by atoms with Gasteiger partial charge in [-0.2, -0.15) is 0 Å². The Hall–Kier alpha value is -4.06. The Morgan fingerprint density at radius 2 is 1.58 bits per heavy atom. The Labute approximate surface area is 191 Å². The third-order valence-corrected chi connectivity index (χ3v) is 6.41. The minimum Gasteiger partial charge on any atom is -0.480 e. The lowest BCUT2D eigenvalue weighted by atomic mass is 9.98. The minimum absolute atomic E-state index is 0.0811. The highest BCUT2D eigenvalue weighted by Crippen LogP contribution is 2.44. The highest BCUT2D eigenvalue weighted by molar-refractivity contribution is 5.85. The fourth-order valence-electron chi connectivity index (χ4n) is 4.73. The number of aromatic amines is 1. The molecule has 6 nitrogen and oxygen atoms in total. The van der Waals surface area contributed by atoms with E-state index in [2.05, 4.69) is 22.4 Å². The van der Waals surface area contributed by atoms with Gasteiger partial charge in [0.1, 0.15) is 12.6 Å². The molecule has 6 heteroatoms. The van der Waals surface area contributed by atoms with E-state index in [0.717, 1.165) is 44.4 Å². The third-order valence-electron chi connectivity index (χ3n) is 6.41. The van der Waals surface area contributed by atoms with Gasteiger partial charge in [-0.15, -0.1) is 0 Å². The van der Waals surface area contributed by atoms with Crippen molar-refractivity contribution in [3.8, 4) is 11.1 Å². The van der Waals surface area contributed by atoms with Crippen LogP contribution >= 0.6 is 0 Å². The molecular formula is C27H24N2O4. The highest BCUT2D eigenvalue weighted by atomic mass is 16.5. The molecule has 166 valence electrons. The standard InChI is InChI=1S/C27H24N2O4/c1-16-17-8-6-7-13-23(17)28-24(16)14-25(26(30)31)29-27(32)33-15-22-20-11-4-2-9-18(20)19-10-3-5-12-21(19)22/h2-13,22,25,28H,14-15H2,1H3,(H,29,32)(H,30,31). The fourth-order valence-corrected chi connectivity index (χ4v) is 4.73. The Bertz CT molecular complexity index is 1310. The van der Waals surface area contributed by atoms with Gasteiger partial charge in [0.05, 0.1) is 0 Å². The number of carbonyl (C=O) groups is 2. The van der Waals surface area contributed by atoms with Crippen molar-refractivity contribution in [2.24, 2.45) is 0 Å². The summed E-state index contributed by atoms with van der Waals surface area (Å²) in [5, 5.41) is 13.3. The van der Waals surface area contributed by atoms with Crippen molar-refractivity contribution in [2.75, 3.05) is 6.61 Å². The van der Waals surface area contributed by atoms with E-state index >= 15 is 0 Å². The molecule has 0 radical (unpaired) electrons. The molecule has 1 aliphatic rings. The van der Waals surface area contributed by atoms with Crippen LogP contribution in [0.4, 0.5) is 4.79 Å². The normalized spacial score (nSPS) is 13.4. The summed E-state index contributed by atoms with van der Waals surface area (Å²) >= 11 is 0. The van der Waals surface area contributed by atoms with Crippen LogP contribution in [0.5, 0.6) is 0 Å². The molecule has 0 fully saturated rings. The van der Waals surface area contributed by atoms with Gasteiger partial charge in [0.2, 0.25) is 0 Å². The summed E-state index contributed by atoms with van der Waals surface area (Å²) in [5.41, 5.74) is 7.19. The number of carboxylic acid groups (broad SMARTS) is 1. The van der Waals surface area contributed by atoms with Crippen LogP contribution in [0.2, 0.25) is 0 Å². The maximum Gasteiger partial charge on any atom is 0.407 e. The number of fused-ring (bicyclic) bond motifs is 4. The average Bonchev–Trinajstić information content (AvgIpc) is 3.32. The number of amides is 1. The molecular weight excluding hydrogens is 416 g/mol. The Balaban J connectivity index is 1.29. The van der Waals surface area contributed by atoms with Crippen molar-refractivity contribution in [1.82, 2.24) is 10.3 Å². The first-order chi connectivity index (χ1) is 16.0. The SMILES string of the molecule is Cc1c(CC(NC(=O)OCC2c3ccccc3-c3ccccc32)C(=O)O)[nH]c2ccccc12. The molecule has 1 heterocycles. The van der Waals surface area contributed by atoms with E-state index in [1.165, 1.54) is 0 Å². The predicted molar refractivity (Wildman–Crippen MR) is 126 cm³/mol. The molecule has 0 saturated heterocycles. The number of alkyl carbamates (subject to hydrolysis) is 1. The van der Waals surface area contributed by atoms with Crippen LogP contribution in [0.15, 0.2) is 72.8 Å². The van der Waals surface area contributed by atoms with Crippen LogP contribution in [-0.4, -0.2) is 34.8 Å². The molecule has 0 aliphatic heterocycles. The molecule has 1 atom stereocenters. The number of para-hydroxylation sites is 1. The Kier molecular flexibility index (Phi) is 5.34. The summed E-state index contributed by atoms with van der Waals surface area (Å²) in [7, 11) is 0. The molecule has 1 aromatic heterocycles. The summed E-state index contributed by atoms with van der Waals surface area (Å²) in [4.78, 5) is 27.7. The van der Waals surface area contributed by atoms with E-state index < -0.39 is 18.1 Å². The number of hydrogen-bond acceptors (Lipinski definition) is 3. The molecule has 33 heavy (non-hydrogen) atoms. The van der Waals surface area contributed by atoms with Crippen molar-refractivity contribution in [3.05, 3.63) is 95.2 Å². The molecule has 0 bridgehead atoms. The topological polar surface area (TPSA) is 91.4 Å². The second-order valence-corrected chi connectivity index (χ2v) is 8.34. The first-order valence-corrected chi connectivity index (χ1v) is 10.9. The van der Waals surface area contributed by atoms with Crippen molar-refractivity contribution in [2.45, 2.75) is 25.3 Å². The number of carbonyl (C=O) groups excluding carboxylic acids is 1. The number of H-pyrrole nitrogens is 1. The zero-order valence-electron chi connectivity index (χ0n) is 18.2. The Morgan fingerprint density at radius 3 is 2.21 bits per heavy atom. The van der Waals surface area contributed by atoms with Gasteiger partial charge in [-0.25, -0.2) is 9.59 Å². The fraction of sp³-hybridized carbons (Fsp3) is 0.185. The molecule has 5 rings (SSSR count). The Morgan fingerprint density at radius 1 is 0.970 bits per heavy atom. The molecule has 0 spiro atoms. The second kappa shape index (κ2) is 8.47. The number of ether oxygens (including phenoxy) is 1. The van der Waals surface area contributed by atoms with Gasteiger partial charge in [-0.1, -0.05) is 66.7 Å². The van der Waals surface area contributed by atoms with Crippen LogP contribution < -0.4 is 5.32 Å². The average molecular weight is 440 g/mol. The van der Waals surface area contributed by atoms with E-state index in [9.17, 15) is 14.7 Å². The van der Waals surface area contributed by atoms with Gasteiger partial charge in [0.25, 0.3) is 0 Å². The van der Waals surface area contributed by atoms with Crippen LogP contribution in [0.25, 0.3) is 22.0 Å². The van der Waals surface area contributed by atoms with Crippen molar-refractivity contribution in [3.63, 3.8) is 0 Å². The third kappa shape index (κ3) is 3.84. The van der Waals surface area contributed by atoms with Crippen LogP contribution in [0.1, 0.15) is 28.3 Å². The smallest absolute Gasteiger partial charge is 0.407 e.